The maximum Gasteiger partial charge on any atom is 0.132 e. The first-order chi connectivity index (χ1) is 7.70. The Bertz CT molecular complexity index is 318. The summed E-state index contributed by atoms with van der Waals surface area (Å²) in [5, 5.41) is 9.49. The van der Waals surface area contributed by atoms with Crippen LogP contribution in [0.25, 0.3) is 0 Å². The highest BCUT2D eigenvalue weighted by Crippen LogP contribution is 2.20. The molecular formula is C13H18O3. The number of hydrogen-bond donors (Lipinski definition) is 1. The van der Waals surface area contributed by atoms with E-state index in [4.69, 9.17) is 4.42 Å². The van der Waals surface area contributed by atoms with E-state index >= 15 is 0 Å². The number of aliphatic hydroxyl groups is 1. The molecule has 0 radical (unpaired) electrons. The van der Waals surface area contributed by atoms with Gasteiger partial charge in [0.1, 0.15) is 11.9 Å². The van der Waals surface area contributed by atoms with Crippen LogP contribution in [-0.2, 0) is 0 Å². The molecule has 0 amide bonds. The smallest absolute Gasteiger partial charge is 0.132 e. The van der Waals surface area contributed by atoms with Crippen molar-refractivity contribution in [3.63, 3.8) is 0 Å². The average molecular weight is 222 g/mol. The second-order valence-electron chi connectivity index (χ2n) is 3.95. The summed E-state index contributed by atoms with van der Waals surface area (Å²) >= 11 is 0. The first-order valence-electron chi connectivity index (χ1n) is 5.38. The Kier molecular flexibility index (Phi) is 5.43. The normalized spacial score (nSPS) is 12.0. The van der Waals surface area contributed by atoms with E-state index in [-0.39, 0.29) is 0 Å². The highest BCUT2D eigenvalue weighted by atomic mass is 16.4. The average Bonchev–Trinajstić information content (AvgIpc) is 2.94. The summed E-state index contributed by atoms with van der Waals surface area (Å²) in [5.41, 5.74) is 0. The molecule has 1 unspecified atom stereocenters. The van der Waals surface area contributed by atoms with Gasteiger partial charge < -0.3 is 13.9 Å². The molecule has 1 atom stereocenters. The van der Waals surface area contributed by atoms with Gasteiger partial charge in [0.05, 0.1) is 18.8 Å². The van der Waals surface area contributed by atoms with E-state index in [2.05, 4.69) is 18.3 Å². The molecule has 3 heteroatoms. The molecule has 0 saturated heterocycles. The quantitative estimate of drug-likeness (QED) is 0.862. The largest absolute Gasteiger partial charge is 0.473 e. The predicted octanol–water partition coefficient (Wildman–Crippen LogP) is 3.64. The predicted molar refractivity (Wildman–Crippen MR) is 61.8 cm³/mol. The maximum absolute atomic E-state index is 9.49. The van der Waals surface area contributed by atoms with E-state index in [1.165, 1.54) is 0 Å². The van der Waals surface area contributed by atoms with Gasteiger partial charge in [-0.15, -0.1) is 0 Å². The van der Waals surface area contributed by atoms with E-state index in [0.29, 0.717) is 11.7 Å². The van der Waals surface area contributed by atoms with Crippen molar-refractivity contribution in [3.8, 4) is 0 Å². The molecule has 1 N–H and O–H groups in total. The van der Waals surface area contributed by atoms with Gasteiger partial charge in [0, 0.05) is 0 Å². The van der Waals surface area contributed by atoms with Crippen LogP contribution < -0.4 is 0 Å². The van der Waals surface area contributed by atoms with Gasteiger partial charge in [-0.05, 0) is 36.6 Å². The summed E-state index contributed by atoms with van der Waals surface area (Å²) in [4.78, 5) is 0. The van der Waals surface area contributed by atoms with Crippen molar-refractivity contribution < 1.29 is 13.9 Å². The summed E-state index contributed by atoms with van der Waals surface area (Å²) in [5.74, 6) is 1.16. The van der Waals surface area contributed by atoms with Gasteiger partial charge in [-0.25, -0.2) is 0 Å². The highest BCUT2D eigenvalue weighted by Gasteiger charge is 2.11. The number of furan rings is 2. The fraction of sp³-hybridized carbons (Fsp3) is 0.385. The van der Waals surface area contributed by atoms with Crippen molar-refractivity contribution in [1.82, 2.24) is 0 Å². The molecule has 0 spiro atoms. The molecule has 0 aliphatic rings. The fourth-order valence-electron chi connectivity index (χ4n) is 1.27. The third kappa shape index (κ3) is 4.84. The second kappa shape index (κ2) is 6.90. The van der Waals surface area contributed by atoms with Crippen LogP contribution in [-0.4, -0.2) is 5.11 Å². The zero-order chi connectivity index (χ0) is 11.8. The lowest BCUT2D eigenvalue weighted by molar-refractivity contribution is 0.126. The molecule has 2 aromatic rings. The van der Waals surface area contributed by atoms with Crippen LogP contribution in [0.2, 0.25) is 0 Å². The molecule has 2 heterocycles. The van der Waals surface area contributed by atoms with E-state index in [1.54, 1.807) is 30.9 Å². The van der Waals surface area contributed by atoms with Gasteiger partial charge in [0.25, 0.3) is 0 Å². The highest BCUT2D eigenvalue weighted by molar-refractivity contribution is 5.01. The SMILES string of the molecule is CC(C)CC(O)c1ccco1.c1ccoc1. The minimum atomic E-state index is -0.440. The van der Waals surface area contributed by atoms with Crippen LogP contribution in [0, 0.1) is 5.92 Å². The summed E-state index contributed by atoms with van der Waals surface area (Å²) in [7, 11) is 0. The van der Waals surface area contributed by atoms with Gasteiger partial charge in [-0.1, -0.05) is 13.8 Å². The minimum Gasteiger partial charge on any atom is -0.473 e. The Balaban J connectivity index is 0.000000212. The molecule has 0 saturated carbocycles. The van der Waals surface area contributed by atoms with E-state index < -0.39 is 6.10 Å². The van der Waals surface area contributed by atoms with Gasteiger partial charge >= 0.3 is 0 Å². The van der Waals surface area contributed by atoms with Crippen molar-refractivity contribution in [3.05, 3.63) is 48.8 Å². The summed E-state index contributed by atoms with van der Waals surface area (Å²) in [6.45, 7) is 4.15. The molecule has 2 rings (SSSR count). The Labute approximate surface area is 95.7 Å². The van der Waals surface area contributed by atoms with Crippen LogP contribution in [0.3, 0.4) is 0 Å². The van der Waals surface area contributed by atoms with Gasteiger partial charge in [0.15, 0.2) is 0 Å². The minimum absolute atomic E-state index is 0.440. The number of hydrogen-bond acceptors (Lipinski definition) is 3. The fourth-order valence-corrected chi connectivity index (χ4v) is 1.27. The lowest BCUT2D eigenvalue weighted by Crippen LogP contribution is -1.99. The van der Waals surface area contributed by atoms with E-state index in [9.17, 15) is 5.11 Å². The van der Waals surface area contributed by atoms with Crippen molar-refractivity contribution in [2.75, 3.05) is 0 Å². The van der Waals surface area contributed by atoms with Crippen molar-refractivity contribution in [2.24, 2.45) is 5.92 Å². The van der Waals surface area contributed by atoms with Crippen molar-refractivity contribution in [2.45, 2.75) is 26.4 Å². The van der Waals surface area contributed by atoms with Gasteiger partial charge in [0.2, 0.25) is 0 Å². The molecule has 2 aromatic heterocycles. The van der Waals surface area contributed by atoms with Gasteiger partial charge in [-0.3, -0.25) is 0 Å². The molecule has 0 fully saturated rings. The van der Waals surface area contributed by atoms with Crippen LogP contribution in [0.15, 0.2) is 51.9 Å². The third-order valence-electron chi connectivity index (χ3n) is 1.99. The maximum atomic E-state index is 9.49. The van der Waals surface area contributed by atoms with Gasteiger partial charge in [-0.2, -0.15) is 0 Å². The molecule has 0 bridgehead atoms. The first-order valence-corrected chi connectivity index (χ1v) is 5.38. The number of rotatable bonds is 3. The third-order valence-corrected chi connectivity index (χ3v) is 1.99. The summed E-state index contributed by atoms with van der Waals surface area (Å²) in [6.07, 6.45) is 5.15. The van der Waals surface area contributed by atoms with Crippen LogP contribution >= 0.6 is 0 Å². The Morgan fingerprint density at radius 1 is 1.12 bits per heavy atom. The molecular weight excluding hydrogens is 204 g/mol. The lowest BCUT2D eigenvalue weighted by atomic mass is 10.0. The topological polar surface area (TPSA) is 46.5 Å². The van der Waals surface area contributed by atoms with Crippen LogP contribution in [0.5, 0.6) is 0 Å². The Hall–Kier alpha value is -1.48. The molecule has 0 aliphatic heterocycles. The summed E-state index contributed by atoms with van der Waals surface area (Å²) < 4.78 is 9.63. The van der Waals surface area contributed by atoms with Crippen molar-refractivity contribution in [1.29, 1.82) is 0 Å². The molecule has 3 nitrogen and oxygen atoms in total. The number of aliphatic hydroxyl groups excluding tert-OH is 1. The zero-order valence-electron chi connectivity index (χ0n) is 9.67. The van der Waals surface area contributed by atoms with Crippen molar-refractivity contribution >= 4 is 0 Å². The van der Waals surface area contributed by atoms with Crippen LogP contribution in [0.1, 0.15) is 32.1 Å². The Morgan fingerprint density at radius 3 is 2.19 bits per heavy atom. The molecule has 16 heavy (non-hydrogen) atoms. The van der Waals surface area contributed by atoms with Crippen LogP contribution in [0.4, 0.5) is 0 Å². The molecule has 0 aliphatic carbocycles. The summed E-state index contributed by atoms with van der Waals surface area (Å²) in [6, 6.07) is 7.26. The lowest BCUT2D eigenvalue weighted by Gasteiger charge is -2.09. The van der Waals surface area contributed by atoms with E-state index in [1.807, 2.05) is 12.1 Å². The second-order valence-corrected chi connectivity index (χ2v) is 3.95. The monoisotopic (exact) mass is 222 g/mol. The molecule has 88 valence electrons. The Morgan fingerprint density at radius 2 is 1.81 bits per heavy atom. The zero-order valence-corrected chi connectivity index (χ0v) is 9.67. The standard InChI is InChI=1S/C9H14O2.C4H4O/c1-7(2)6-8(10)9-4-3-5-11-9;1-2-4-5-3-1/h3-5,7-8,10H,6H2,1-2H3;1-4H. The van der Waals surface area contributed by atoms with E-state index in [0.717, 1.165) is 6.42 Å². The molecule has 0 aromatic carbocycles. The first kappa shape index (κ1) is 12.6.